The molecule has 1 amide bonds. The summed E-state index contributed by atoms with van der Waals surface area (Å²) in [6.07, 6.45) is 2.15. The zero-order valence-electron chi connectivity index (χ0n) is 18.0. The number of aromatic amines is 1. The highest BCUT2D eigenvalue weighted by Gasteiger charge is 2.30. The molecule has 1 fully saturated rings. The highest BCUT2D eigenvalue weighted by molar-refractivity contribution is 5.85. The van der Waals surface area contributed by atoms with Crippen LogP contribution in [0.1, 0.15) is 26.2 Å². The molecule has 11 heteroatoms. The number of aromatic nitrogens is 6. The Kier molecular flexibility index (Phi) is 5.29. The van der Waals surface area contributed by atoms with E-state index in [0.29, 0.717) is 72.9 Å². The van der Waals surface area contributed by atoms with Crippen molar-refractivity contribution in [3.05, 3.63) is 30.4 Å². The van der Waals surface area contributed by atoms with Gasteiger partial charge in [0.05, 0.1) is 0 Å². The van der Waals surface area contributed by atoms with Crippen molar-refractivity contribution >= 4 is 34.0 Å². The lowest BCUT2D eigenvalue weighted by Crippen LogP contribution is -2.52. The average Bonchev–Trinajstić information content (AvgIpc) is 3.49. The first-order valence-electron chi connectivity index (χ1n) is 10.8. The van der Waals surface area contributed by atoms with Gasteiger partial charge in [-0.05, 0) is 18.6 Å². The maximum absolute atomic E-state index is 13.2. The number of oxazole rings is 1. The first-order valence-corrected chi connectivity index (χ1v) is 10.8. The van der Waals surface area contributed by atoms with E-state index < -0.39 is 6.10 Å². The number of carbonyl (C=O) groups excluding carboxylic acids is 1. The molecule has 1 aliphatic heterocycles. The number of aryl methyl sites for hydroxylation is 1. The molecule has 1 aromatic carbocycles. The van der Waals surface area contributed by atoms with Crippen LogP contribution >= 0.6 is 0 Å². The number of anilines is 1. The first kappa shape index (κ1) is 20.2. The van der Waals surface area contributed by atoms with Crippen molar-refractivity contribution in [1.29, 1.82) is 0 Å². The molecule has 1 saturated heterocycles. The van der Waals surface area contributed by atoms with Crippen LogP contribution in [-0.4, -0.2) is 73.5 Å². The molecule has 1 N–H and O–H groups in total. The SMILES string of the molecule is CCc1nc2c(N3CCN(C(=O)C(CC)Oc4cccc5n[nH]nc45)CC3)ncnc2o1. The zero-order chi connectivity index (χ0) is 22.1. The fourth-order valence-corrected chi connectivity index (χ4v) is 3.91. The summed E-state index contributed by atoms with van der Waals surface area (Å²) in [5, 5.41) is 10.8. The molecule has 4 heterocycles. The maximum Gasteiger partial charge on any atom is 0.263 e. The van der Waals surface area contributed by atoms with Crippen LogP contribution in [0.4, 0.5) is 5.82 Å². The van der Waals surface area contributed by atoms with Crippen LogP contribution in [0.15, 0.2) is 28.9 Å². The van der Waals surface area contributed by atoms with E-state index in [0.717, 1.165) is 5.82 Å². The number of amides is 1. The molecule has 0 saturated carbocycles. The highest BCUT2D eigenvalue weighted by atomic mass is 16.5. The quantitative estimate of drug-likeness (QED) is 0.482. The van der Waals surface area contributed by atoms with Gasteiger partial charge in [0.15, 0.2) is 28.8 Å². The summed E-state index contributed by atoms with van der Waals surface area (Å²) in [7, 11) is 0. The van der Waals surface area contributed by atoms with Gasteiger partial charge in [-0.3, -0.25) is 4.79 Å². The van der Waals surface area contributed by atoms with Crippen molar-refractivity contribution in [2.45, 2.75) is 32.8 Å². The molecular formula is C21H24N8O3. The number of piperazine rings is 1. The molecule has 166 valence electrons. The van der Waals surface area contributed by atoms with Gasteiger partial charge in [0.1, 0.15) is 17.6 Å². The number of carbonyl (C=O) groups is 1. The number of nitrogens with zero attached hydrogens (tertiary/aromatic N) is 7. The fraction of sp³-hybridized carbons (Fsp3) is 0.429. The molecule has 3 aromatic heterocycles. The van der Waals surface area contributed by atoms with Crippen molar-refractivity contribution in [1.82, 2.24) is 35.3 Å². The molecule has 1 unspecified atom stereocenters. The predicted molar refractivity (Wildman–Crippen MR) is 116 cm³/mol. The first-order chi connectivity index (χ1) is 15.7. The summed E-state index contributed by atoms with van der Waals surface area (Å²) in [6, 6.07) is 5.49. The lowest BCUT2D eigenvalue weighted by Gasteiger charge is -2.36. The number of H-pyrrole nitrogens is 1. The summed E-state index contributed by atoms with van der Waals surface area (Å²) in [5.74, 6) is 1.90. The Balaban J connectivity index is 1.28. The van der Waals surface area contributed by atoms with E-state index in [2.05, 4.69) is 35.3 Å². The van der Waals surface area contributed by atoms with Crippen LogP contribution in [0.2, 0.25) is 0 Å². The molecule has 0 spiro atoms. The molecular weight excluding hydrogens is 412 g/mol. The Hall–Kier alpha value is -3.76. The summed E-state index contributed by atoms with van der Waals surface area (Å²) < 4.78 is 11.7. The zero-order valence-corrected chi connectivity index (χ0v) is 18.0. The second kappa shape index (κ2) is 8.40. The predicted octanol–water partition coefficient (Wildman–Crippen LogP) is 1.96. The molecule has 1 atom stereocenters. The van der Waals surface area contributed by atoms with Crippen molar-refractivity contribution in [2.75, 3.05) is 31.1 Å². The number of ether oxygens (including phenoxy) is 1. The minimum atomic E-state index is -0.586. The molecule has 5 rings (SSSR count). The van der Waals surface area contributed by atoms with Crippen molar-refractivity contribution in [3.63, 3.8) is 0 Å². The van der Waals surface area contributed by atoms with E-state index in [-0.39, 0.29) is 5.91 Å². The van der Waals surface area contributed by atoms with Gasteiger partial charge in [0.25, 0.3) is 11.6 Å². The van der Waals surface area contributed by atoms with E-state index >= 15 is 0 Å². The molecule has 32 heavy (non-hydrogen) atoms. The van der Waals surface area contributed by atoms with E-state index in [4.69, 9.17) is 9.15 Å². The number of benzene rings is 1. The second-order valence-corrected chi connectivity index (χ2v) is 7.59. The molecule has 1 aliphatic rings. The molecule has 4 aromatic rings. The van der Waals surface area contributed by atoms with Gasteiger partial charge in [-0.2, -0.15) is 20.4 Å². The number of hydrogen-bond donors (Lipinski definition) is 1. The van der Waals surface area contributed by atoms with Crippen molar-refractivity contribution < 1.29 is 13.9 Å². The summed E-state index contributed by atoms with van der Waals surface area (Å²) in [6.45, 7) is 6.34. The van der Waals surface area contributed by atoms with Gasteiger partial charge >= 0.3 is 0 Å². The summed E-state index contributed by atoms with van der Waals surface area (Å²) in [4.78, 5) is 30.3. The lowest BCUT2D eigenvalue weighted by atomic mass is 10.2. The van der Waals surface area contributed by atoms with Gasteiger partial charge in [0.2, 0.25) is 0 Å². The standard InChI is InChI=1S/C21H24N8O3/c1-3-14(31-15-7-5-6-13-17(15)26-27-25-13)21(30)29-10-8-28(9-11-29)19-18-20(23-12-22-19)32-16(4-2)24-18/h5-7,12,14H,3-4,8-11H2,1-2H3,(H,25,26,27). The molecule has 0 radical (unpaired) electrons. The Morgan fingerprint density at radius 1 is 1.16 bits per heavy atom. The Bertz CT molecular complexity index is 1240. The normalized spacial score (nSPS) is 15.4. The van der Waals surface area contributed by atoms with E-state index in [1.165, 1.54) is 6.33 Å². The van der Waals surface area contributed by atoms with Crippen LogP contribution in [0, 0.1) is 0 Å². The van der Waals surface area contributed by atoms with Crippen LogP contribution in [-0.2, 0) is 11.2 Å². The monoisotopic (exact) mass is 436 g/mol. The third-order valence-corrected chi connectivity index (χ3v) is 5.64. The smallest absolute Gasteiger partial charge is 0.263 e. The Morgan fingerprint density at radius 3 is 2.78 bits per heavy atom. The Morgan fingerprint density at radius 2 is 2.00 bits per heavy atom. The van der Waals surface area contributed by atoms with E-state index in [9.17, 15) is 4.79 Å². The van der Waals surface area contributed by atoms with Crippen LogP contribution in [0.5, 0.6) is 5.75 Å². The largest absolute Gasteiger partial charge is 0.478 e. The molecule has 0 bridgehead atoms. The van der Waals surface area contributed by atoms with Crippen LogP contribution in [0.25, 0.3) is 22.3 Å². The van der Waals surface area contributed by atoms with Crippen LogP contribution < -0.4 is 9.64 Å². The minimum absolute atomic E-state index is 0.0322. The Labute approximate surface area is 183 Å². The van der Waals surface area contributed by atoms with Gasteiger partial charge in [0, 0.05) is 32.6 Å². The topological polar surface area (TPSA) is 126 Å². The summed E-state index contributed by atoms with van der Waals surface area (Å²) in [5.41, 5.74) is 2.48. The molecule has 11 nitrogen and oxygen atoms in total. The average molecular weight is 436 g/mol. The number of hydrogen-bond acceptors (Lipinski definition) is 9. The van der Waals surface area contributed by atoms with Gasteiger partial charge in [-0.25, -0.2) is 9.97 Å². The molecule has 0 aliphatic carbocycles. The lowest BCUT2D eigenvalue weighted by molar-refractivity contribution is -0.139. The number of fused-ring (bicyclic) bond motifs is 2. The van der Waals surface area contributed by atoms with Gasteiger partial charge in [-0.15, -0.1) is 0 Å². The van der Waals surface area contributed by atoms with Crippen LogP contribution in [0.3, 0.4) is 0 Å². The fourth-order valence-electron chi connectivity index (χ4n) is 3.91. The minimum Gasteiger partial charge on any atom is -0.478 e. The van der Waals surface area contributed by atoms with E-state index in [1.807, 2.05) is 36.9 Å². The van der Waals surface area contributed by atoms with Gasteiger partial charge in [-0.1, -0.05) is 19.9 Å². The summed E-state index contributed by atoms with van der Waals surface area (Å²) >= 11 is 0. The van der Waals surface area contributed by atoms with Crippen molar-refractivity contribution in [2.24, 2.45) is 0 Å². The second-order valence-electron chi connectivity index (χ2n) is 7.59. The third-order valence-electron chi connectivity index (χ3n) is 5.64. The number of para-hydroxylation sites is 1. The third kappa shape index (κ3) is 3.59. The maximum atomic E-state index is 13.2. The van der Waals surface area contributed by atoms with Gasteiger partial charge < -0.3 is 19.0 Å². The van der Waals surface area contributed by atoms with Crippen molar-refractivity contribution in [3.8, 4) is 5.75 Å². The highest BCUT2D eigenvalue weighted by Crippen LogP contribution is 2.26. The number of rotatable bonds is 6. The van der Waals surface area contributed by atoms with E-state index in [1.54, 1.807) is 0 Å². The number of nitrogens with one attached hydrogen (secondary N) is 1.